The quantitative estimate of drug-likeness (QED) is 0.556. The minimum Gasteiger partial charge on any atom is -0.370 e. The van der Waals surface area contributed by atoms with Gasteiger partial charge in [0.15, 0.2) is 5.96 Å². The number of halogens is 1. The van der Waals surface area contributed by atoms with Gasteiger partial charge < -0.3 is 11.1 Å². The predicted molar refractivity (Wildman–Crippen MR) is 76.3 cm³/mol. The Morgan fingerprint density at radius 1 is 1.24 bits per heavy atom. The molecule has 0 radical (unpaired) electrons. The molecule has 3 rings (SSSR count). The van der Waals surface area contributed by atoms with Gasteiger partial charge in [0, 0.05) is 15.6 Å². The molecule has 0 atom stereocenters. The Morgan fingerprint density at radius 2 is 2.06 bits per heavy atom. The third-order valence-electron chi connectivity index (χ3n) is 2.88. The summed E-state index contributed by atoms with van der Waals surface area (Å²) in [5.41, 5.74) is 8.63. The summed E-state index contributed by atoms with van der Waals surface area (Å²) < 4.78 is 1.10. The van der Waals surface area contributed by atoms with E-state index in [0.29, 0.717) is 0 Å². The molecule has 1 aliphatic carbocycles. The van der Waals surface area contributed by atoms with E-state index in [9.17, 15) is 0 Å². The molecule has 0 aliphatic heterocycles. The van der Waals surface area contributed by atoms with Crippen molar-refractivity contribution in [2.45, 2.75) is 0 Å². The number of benzene rings is 2. The molecule has 4 heteroatoms. The van der Waals surface area contributed by atoms with Crippen LogP contribution in [0.2, 0.25) is 0 Å². The number of nitrogens with two attached hydrogens (primary N) is 1. The van der Waals surface area contributed by atoms with Gasteiger partial charge in [0.2, 0.25) is 0 Å². The van der Waals surface area contributed by atoms with Crippen LogP contribution in [-0.4, -0.2) is 5.96 Å². The molecule has 3 nitrogen and oxygen atoms in total. The van der Waals surface area contributed by atoms with E-state index in [2.05, 4.69) is 33.4 Å². The molecule has 0 aromatic heterocycles. The van der Waals surface area contributed by atoms with Crippen molar-refractivity contribution < 1.29 is 0 Å². The second kappa shape index (κ2) is 3.60. The smallest absolute Gasteiger partial charge is 0.190 e. The summed E-state index contributed by atoms with van der Waals surface area (Å²) in [6, 6.07) is 10.1. The number of hydrogen-bond donors (Lipinski definition) is 3. The summed E-state index contributed by atoms with van der Waals surface area (Å²) in [4.78, 5) is 0. The topological polar surface area (TPSA) is 61.9 Å². The first-order valence-corrected chi connectivity index (χ1v) is 6.00. The van der Waals surface area contributed by atoms with Crippen molar-refractivity contribution in [1.82, 2.24) is 0 Å². The van der Waals surface area contributed by atoms with Gasteiger partial charge in [-0.1, -0.05) is 40.2 Å². The number of anilines is 1. The number of rotatable bonds is 1. The maximum absolute atomic E-state index is 7.31. The second-order valence-corrected chi connectivity index (χ2v) is 4.82. The van der Waals surface area contributed by atoms with E-state index in [0.717, 1.165) is 15.6 Å². The Balaban J connectivity index is 2.32. The summed E-state index contributed by atoms with van der Waals surface area (Å²) in [5.74, 6) is -0.0456. The van der Waals surface area contributed by atoms with E-state index < -0.39 is 0 Å². The highest BCUT2D eigenvalue weighted by Gasteiger charge is 2.16. The highest BCUT2D eigenvalue weighted by Crippen LogP contribution is 2.41. The first kappa shape index (κ1) is 10.4. The average molecular weight is 288 g/mol. The molecule has 2 aromatic rings. The molecule has 0 unspecified atom stereocenters. The van der Waals surface area contributed by atoms with Crippen molar-refractivity contribution in [1.29, 1.82) is 5.41 Å². The minimum atomic E-state index is -0.0456. The molecule has 0 amide bonds. The van der Waals surface area contributed by atoms with Crippen LogP contribution in [0.15, 0.2) is 30.3 Å². The van der Waals surface area contributed by atoms with Crippen LogP contribution in [0.4, 0.5) is 5.69 Å². The molecular formula is C13H10BrN3. The second-order valence-electron chi connectivity index (χ2n) is 3.96. The normalized spacial score (nSPS) is 12.6. The summed E-state index contributed by atoms with van der Waals surface area (Å²) in [6.45, 7) is 0. The molecular weight excluding hydrogens is 278 g/mol. The zero-order chi connectivity index (χ0) is 12.0. The lowest BCUT2D eigenvalue weighted by molar-refractivity contribution is 1.42. The van der Waals surface area contributed by atoms with Gasteiger partial charge in [-0.25, -0.2) is 0 Å². The first-order chi connectivity index (χ1) is 8.16. The molecule has 0 spiro atoms. The number of nitrogens with one attached hydrogen (secondary N) is 2. The van der Waals surface area contributed by atoms with Crippen LogP contribution in [0.25, 0.3) is 21.3 Å². The fourth-order valence-electron chi connectivity index (χ4n) is 2.22. The van der Waals surface area contributed by atoms with Gasteiger partial charge in [0.05, 0.1) is 0 Å². The van der Waals surface area contributed by atoms with Gasteiger partial charge >= 0.3 is 0 Å². The van der Waals surface area contributed by atoms with Gasteiger partial charge in [-0.05, 0) is 28.7 Å². The van der Waals surface area contributed by atoms with E-state index >= 15 is 0 Å². The molecule has 1 aliphatic rings. The molecule has 0 saturated carbocycles. The molecule has 0 fully saturated rings. The van der Waals surface area contributed by atoms with Crippen LogP contribution in [0, 0.1) is 5.41 Å². The van der Waals surface area contributed by atoms with Crippen molar-refractivity contribution in [2.75, 3.05) is 5.32 Å². The average Bonchev–Trinajstić information content (AvgIpc) is 2.61. The van der Waals surface area contributed by atoms with Crippen LogP contribution in [-0.2, 0) is 0 Å². The van der Waals surface area contributed by atoms with E-state index in [1.165, 1.54) is 16.5 Å². The Labute approximate surface area is 107 Å². The standard InChI is InChI=1S/C13H10BrN3/c14-10-6-7-4-5-11(17-13(15)16)9-3-1-2-8(10)12(7)9/h1-6H,(H4,15,16,17). The van der Waals surface area contributed by atoms with Crippen LogP contribution >= 0.6 is 15.9 Å². The van der Waals surface area contributed by atoms with Crippen molar-refractivity contribution >= 4 is 48.9 Å². The van der Waals surface area contributed by atoms with E-state index in [1.807, 2.05) is 24.3 Å². The summed E-state index contributed by atoms with van der Waals surface area (Å²) in [7, 11) is 0. The fraction of sp³-hybridized carbons (Fsp3) is 0. The zero-order valence-electron chi connectivity index (χ0n) is 8.92. The highest BCUT2D eigenvalue weighted by atomic mass is 79.9. The van der Waals surface area contributed by atoms with Crippen LogP contribution < -0.4 is 11.1 Å². The molecule has 4 N–H and O–H groups in total. The van der Waals surface area contributed by atoms with Crippen LogP contribution in [0.3, 0.4) is 0 Å². The third kappa shape index (κ3) is 1.52. The highest BCUT2D eigenvalue weighted by molar-refractivity contribution is 9.15. The lowest BCUT2D eigenvalue weighted by atomic mass is 10.0. The van der Waals surface area contributed by atoms with Gasteiger partial charge in [-0.3, -0.25) is 5.41 Å². The Bertz CT molecular complexity index is 674. The van der Waals surface area contributed by atoms with Crippen molar-refractivity contribution in [2.24, 2.45) is 5.73 Å². The van der Waals surface area contributed by atoms with Crippen molar-refractivity contribution in [3.8, 4) is 0 Å². The monoisotopic (exact) mass is 287 g/mol. The maximum Gasteiger partial charge on any atom is 0.190 e. The van der Waals surface area contributed by atoms with Crippen LogP contribution in [0.5, 0.6) is 0 Å². The summed E-state index contributed by atoms with van der Waals surface area (Å²) in [5, 5.41) is 12.5. The predicted octanol–water partition coefficient (Wildman–Crippen LogP) is 3.35. The molecule has 0 heterocycles. The largest absolute Gasteiger partial charge is 0.370 e. The minimum absolute atomic E-state index is 0.0456. The zero-order valence-corrected chi connectivity index (χ0v) is 10.5. The van der Waals surface area contributed by atoms with Crippen LogP contribution in [0.1, 0.15) is 11.1 Å². The molecule has 84 valence electrons. The van der Waals surface area contributed by atoms with E-state index in [-0.39, 0.29) is 5.96 Å². The van der Waals surface area contributed by atoms with Crippen molar-refractivity contribution in [3.05, 3.63) is 41.5 Å². The fourth-order valence-corrected chi connectivity index (χ4v) is 2.80. The van der Waals surface area contributed by atoms with E-state index in [1.54, 1.807) is 0 Å². The first-order valence-electron chi connectivity index (χ1n) is 5.21. The molecule has 17 heavy (non-hydrogen) atoms. The Kier molecular flexibility index (Phi) is 2.19. The molecule has 2 aromatic carbocycles. The van der Waals surface area contributed by atoms with Gasteiger partial charge in [-0.2, -0.15) is 0 Å². The third-order valence-corrected chi connectivity index (χ3v) is 3.54. The number of guanidine groups is 1. The SMILES string of the molecule is N=C(N)Nc1ccc2c3c(cccc13)C(Br)=C2. The Hall–Kier alpha value is -1.81. The Morgan fingerprint density at radius 3 is 2.82 bits per heavy atom. The lowest BCUT2D eigenvalue weighted by Gasteiger charge is -2.10. The van der Waals surface area contributed by atoms with E-state index in [4.69, 9.17) is 11.1 Å². The molecule has 0 bridgehead atoms. The van der Waals surface area contributed by atoms with Gasteiger partial charge in [0.1, 0.15) is 0 Å². The van der Waals surface area contributed by atoms with Gasteiger partial charge in [0.25, 0.3) is 0 Å². The lowest BCUT2D eigenvalue weighted by Crippen LogP contribution is -2.20. The maximum atomic E-state index is 7.31. The summed E-state index contributed by atoms with van der Waals surface area (Å²) >= 11 is 3.56. The summed E-state index contributed by atoms with van der Waals surface area (Å²) in [6.07, 6.45) is 2.11. The molecule has 0 saturated heterocycles. The van der Waals surface area contributed by atoms with Gasteiger partial charge in [-0.15, -0.1) is 0 Å². The van der Waals surface area contributed by atoms with Crippen molar-refractivity contribution in [3.63, 3.8) is 0 Å². The number of hydrogen-bond acceptors (Lipinski definition) is 1.